The van der Waals surface area contributed by atoms with Crippen LogP contribution in [0.2, 0.25) is 0 Å². The highest BCUT2D eigenvalue weighted by Gasteiger charge is 2.18. The first kappa shape index (κ1) is 19.2. The summed E-state index contributed by atoms with van der Waals surface area (Å²) in [4.78, 5) is 1.96. The van der Waals surface area contributed by atoms with E-state index >= 15 is 0 Å². The molecular formula is C21H22FNO4. The van der Waals surface area contributed by atoms with E-state index in [-0.39, 0.29) is 25.8 Å². The summed E-state index contributed by atoms with van der Waals surface area (Å²) < 4.78 is 30.0. The molecule has 0 saturated carbocycles. The maximum atomic E-state index is 14.1. The Hall–Kier alpha value is -2.59. The molecule has 5 nitrogen and oxygen atoms in total. The van der Waals surface area contributed by atoms with Gasteiger partial charge in [-0.1, -0.05) is 30.2 Å². The van der Waals surface area contributed by atoms with Crippen molar-refractivity contribution in [3.05, 3.63) is 59.4 Å². The van der Waals surface area contributed by atoms with Crippen molar-refractivity contribution < 1.29 is 23.7 Å². The van der Waals surface area contributed by atoms with Crippen molar-refractivity contribution in [2.75, 3.05) is 26.6 Å². The summed E-state index contributed by atoms with van der Waals surface area (Å²) in [5.74, 6) is 3.49. The van der Waals surface area contributed by atoms with Crippen LogP contribution in [-0.2, 0) is 17.8 Å². The van der Waals surface area contributed by atoms with Crippen LogP contribution in [0.15, 0.2) is 42.5 Å². The average Bonchev–Trinajstić information content (AvgIpc) is 3.11. The van der Waals surface area contributed by atoms with Gasteiger partial charge in [0.1, 0.15) is 12.4 Å². The Kier molecular flexibility index (Phi) is 6.66. The minimum Gasteiger partial charge on any atom is -0.454 e. The molecule has 0 radical (unpaired) electrons. The number of hydrogen-bond donors (Lipinski definition) is 1. The van der Waals surface area contributed by atoms with Gasteiger partial charge in [0, 0.05) is 25.2 Å². The molecule has 6 heteroatoms. The quantitative estimate of drug-likeness (QED) is 0.542. The fraction of sp³-hybridized carbons (Fsp3) is 0.333. The van der Waals surface area contributed by atoms with Crippen LogP contribution in [0.3, 0.4) is 0 Å². The van der Waals surface area contributed by atoms with Gasteiger partial charge in [0.25, 0.3) is 0 Å². The van der Waals surface area contributed by atoms with Crippen LogP contribution in [0.1, 0.15) is 11.1 Å². The van der Waals surface area contributed by atoms with E-state index in [9.17, 15) is 9.50 Å². The second-order valence-electron chi connectivity index (χ2n) is 6.32. The van der Waals surface area contributed by atoms with E-state index in [2.05, 4.69) is 5.92 Å². The molecule has 0 amide bonds. The Bertz CT molecular complexity index is 805. The lowest BCUT2D eigenvalue weighted by atomic mass is 10.1. The van der Waals surface area contributed by atoms with Crippen molar-refractivity contribution in [1.82, 2.24) is 4.90 Å². The molecule has 142 valence electrons. The monoisotopic (exact) mass is 371 g/mol. The third-order valence-electron chi connectivity index (χ3n) is 4.16. The molecule has 0 bridgehead atoms. The molecule has 0 saturated heterocycles. The molecule has 1 aliphatic rings. The number of hydrogen-bond acceptors (Lipinski definition) is 5. The summed E-state index contributed by atoms with van der Waals surface area (Å²) in [5.41, 5.74) is 1.54. The Morgan fingerprint density at radius 1 is 1.19 bits per heavy atom. The standard InChI is InChI=1S/C21H22FNO4/c1-2-9-25-14-18(24)13-23(12-17-5-3-4-6-19(17)22)11-16-7-8-20-21(10-16)27-15-26-20/h1,3-8,10,18,24H,9,11-15H2. The molecule has 1 heterocycles. The van der Waals surface area contributed by atoms with Gasteiger partial charge in [0.05, 0.1) is 12.7 Å². The fourth-order valence-corrected chi connectivity index (χ4v) is 2.95. The molecule has 27 heavy (non-hydrogen) atoms. The minimum absolute atomic E-state index is 0.124. The maximum absolute atomic E-state index is 14.1. The van der Waals surface area contributed by atoms with E-state index in [1.807, 2.05) is 23.1 Å². The first-order valence-electron chi connectivity index (χ1n) is 8.69. The Balaban J connectivity index is 1.70. The van der Waals surface area contributed by atoms with Crippen molar-refractivity contribution in [3.63, 3.8) is 0 Å². The summed E-state index contributed by atoms with van der Waals surface area (Å²) in [5, 5.41) is 10.3. The third-order valence-corrected chi connectivity index (χ3v) is 4.16. The SMILES string of the molecule is C#CCOCC(O)CN(Cc1ccc2c(c1)OCO2)Cc1ccccc1F. The molecule has 0 aliphatic carbocycles. The van der Waals surface area contributed by atoms with Crippen LogP contribution in [0.4, 0.5) is 4.39 Å². The first-order valence-corrected chi connectivity index (χ1v) is 8.69. The van der Waals surface area contributed by atoms with E-state index in [0.29, 0.717) is 36.7 Å². The number of aliphatic hydroxyl groups excluding tert-OH is 1. The van der Waals surface area contributed by atoms with Gasteiger partial charge in [-0.15, -0.1) is 6.42 Å². The molecule has 3 rings (SSSR count). The van der Waals surface area contributed by atoms with E-state index in [1.165, 1.54) is 6.07 Å². The van der Waals surface area contributed by atoms with Gasteiger partial charge in [0.2, 0.25) is 6.79 Å². The van der Waals surface area contributed by atoms with Crippen molar-refractivity contribution >= 4 is 0 Å². The van der Waals surface area contributed by atoms with Gasteiger partial charge in [-0.05, 0) is 23.8 Å². The molecule has 2 aromatic rings. The molecule has 0 fully saturated rings. The van der Waals surface area contributed by atoms with Gasteiger partial charge >= 0.3 is 0 Å². The fourth-order valence-electron chi connectivity index (χ4n) is 2.95. The zero-order valence-corrected chi connectivity index (χ0v) is 14.9. The zero-order chi connectivity index (χ0) is 19.1. The number of benzene rings is 2. The van der Waals surface area contributed by atoms with Crippen molar-refractivity contribution in [3.8, 4) is 23.8 Å². The molecule has 1 aliphatic heterocycles. The number of terminal acetylenes is 1. The van der Waals surface area contributed by atoms with Crippen LogP contribution >= 0.6 is 0 Å². The zero-order valence-electron chi connectivity index (χ0n) is 14.9. The van der Waals surface area contributed by atoms with Crippen molar-refractivity contribution in [2.24, 2.45) is 0 Å². The number of nitrogens with zero attached hydrogens (tertiary/aromatic N) is 1. The van der Waals surface area contributed by atoms with Gasteiger partial charge in [-0.2, -0.15) is 0 Å². The molecular weight excluding hydrogens is 349 g/mol. The number of rotatable bonds is 9. The first-order chi connectivity index (χ1) is 13.2. The van der Waals surface area contributed by atoms with Crippen molar-refractivity contribution in [1.29, 1.82) is 0 Å². The Labute approximate surface area is 158 Å². The lowest BCUT2D eigenvalue weighted by Gasteiger charge is -2.25. The predicted octanol–water partition coefficient (Wildman–Crippen LogP) is 2.57. The summed E-state index contributed by atoms with van der Waals surface area (Å²) in [6, 6.07) is 12.3. The number of halogens is 1. The van der Waals surface area contributed by atoms with Gasteiger partial charge in [-0.25, -0.2) is 4.39 Å². The number of fused-ring (bicyclic) bond motifs is 1. The van der Waals surface area contributed by atoms with Crippen LogP contribution < -0.4 is 9.47 Å². The van der Waals surface area contributed by atoms with E-state index in [1.54, 1.807) is 18.2 Å². The lowest BCUT2D eigenvalue weighted by molar-refractivity contribution is 0.0241. The Morgan fingerprint density at radius 2 is 2.00 bits per heavy atom. The predicted molar refractivity (Wildman–Crippen MR) is 98.7 cm³/mol. The molecule has 1 N–H and O–H groups in total. The van der Waals surface area contributed by atoms with Crippen LogP contribution in [-0.4, -0.2) is 42.7 Å². The lowest BCUT2D eigenvalue weighted by Crippen LogP contribution is -2.34. The summed E-state index contributed by atoms with van der Waals surface area (Å²) >= 11 is 0. The van der Waals surface area contributed by atoms with E-state index < -0.39 is 6.10 Å². The third kappa shape index (κ3) is 5.44. The van der Waals surface area contributed by atoms with Gasteiger partial charge in [0.15, 0.2) is 11.5 Å². The average molecular weight is 371 g/mol. The summed E-state index contributed by atoms with van der Waals surface area (Å²) in [6.45, 7) is 1.66. The second-order valence-corrected chi connectivity index (χ2v) is 6.32. The Morgan fingerprint density at radius 3 is 2.81 bits per heavy atom. The number of aliphatic hydroxyl groups is 1. The maximum Gasteiger partial charge on any atom is 0.231 e. The molecule has 1 atom stereocenters. The van der Waals surface area contributed by atoms with Crippen LogP contribution in [0.5, 0.6) is 11.5 Å². The van der Waals surface area contributed by atoms with Crippen LogP contribution in [0.25, 0.3) is 0 Å². The topological polar surface area (TPSA) is 51.2 Å². The molecule has 0 aromatic heterocycles. The second kappa shape index (κ2) is 9.38. The smallest absolute Gasteiger partial charge is 0.231 e. The van der Waals surface area contributed by atoms with Crippen molar-refractivity contribution in [2.45, 2.75) is 19.2 Å². The highest BCUT2D eigenvalue weighted by Crippen LogP contribution is 2.33. The molecule has 0 spiro atoms. The summed E-state index contributed by atoms with van der Waals surface area (Å²) in [7, 11) is 0. The van der Waals surface area contributed by atoms with Gasteiger partial charge < -0.3 is 19.3 Å². The minimum atomic E-state index is -0.737. The number of ether oxygens (including phenoxy) is 3. The van der Waals surface area contributed by atoms with E-state index in [4.69, 9.17) is 20.6 Å². The van der Waals surface area contributed by atoms with Crippen LogP contribution in [0, 0.1) is 18.2 Å². The summed E-state index contributed by atoms with van der Waals surface area (Å²) in [6.07, 6.45) is 4.41. The van der Waals surface area contributed by atoms with Gasteiger partial charge in [-0.3, -0.25) is 4.90 Å². The van der Waals surface area contributed by atoms with E-state index in [0.717, 1.165) is 5.56 Å². The normalized spacial score (nSPS) is 13.6. The molecule has 1 unspecified atom stereocenters. The highest BCUT2D eigenvalue weighted by atomic mass is 19.1. The molecule has 2 aromatic carbocycles. The largest absolute Gasteiger partial charge is 0.454 e. The highest BCUT2D eigenvalue weighted by molar-refractivity contribution is 5.44.